The first-order chi connectivity index (χ1) is 10.1. The molecule has 5 atom stereocenters. The number of methoxy groups -OCH3 is 1. The molecule has 4 rings (SSSR count). The second-order valence-corrected chi connectivity index (χ2v) is 7.64. The van der Waals surface area contributed by atoms with Crippen molar-refractivity contribution in [3.63, 3.8) is 0 Å². The van der Waals surface area contributed by atoms with Crippen molar-refractivity contribution in [1.29, 1.82) is 0 Å². The SMILES string of the molecule is COC1CC[C@H]2[C@@H]3CCc4cc(O)ccc4[C@H]3CC[C@]12C. The summed E-state index contributed by atoms with van der Waals surface area (Å²) in [7, 11) is 1.89. The number of aromatic hydroxyl groups is 1. The van der Waals surface area contributed by atoms with Crippen molar-refractivity contribution in [2.45, 2.75) is 57.5 Å². The fraction of sp³-hybridized carbons (Fsp3) is 0.684. The molecule has 0 heterocycles. The van der Waals surface area contributed by atoms with E-state index in [4.69, 9.17) is 4.74 Å². The van der Waals surface area contributed by atoms with Crippen molar-refractivity contribution in [3.8, 4) is 5.75 Å². The third-order valence-electron chi connectivity index (χ3n) is 6.91. The summed E-state index contributed by atoms with van der Waals surface area (Å²) in [4.78, 5) is 0. The average molecular weight is 286 g/mol. The van der Waals surface area contributed by atoms with Crippen LogP contribution < -0.4 is 0 Å². The molecule has 1 N–H and O–H groups in total. The third kappa shape index (κ3) is 1.88. The Bertz CT molecular complexity index is 552. The minimum Gasteiger partial charge on any atom is -0.508 e. The molecule has 2 fully saturated rings. The molecule has 0 aliphatic heterocycles. The van der Waals surface area contributed by atoms with E-state index >= 15 is 0 Å². The molecule has 0 amide bonds. The Hall–Kier alpha value is -1.02. The number of aryl methyl sites for hydroxylation is 1. The van der Waals surface area contributed by atoms with Crippen LogP contribution in [0.5, 0.6) is 5.75 Å². The monoisotopic (exact) mass is 286 g/mol. The molecule has 1 aromatic carbocycles. The van der Waals surface area contributed by atoms with Gasteiger partial charge in [-0.2, -0.15) is 0 Å². The van der Waals surface area contributed by atoms with Gasteiger partial charge in [-0.25, -0.2) is 0 Å². The van der Waals surface area contributed by atoms with Crippen LogP contribution in [-0.2, 0) is 11.2 Å². The lowest BCUT2D eigenvalue weighted by Gasteiger charge is -2.50. The molecule has 114 valence electrons. The molecule has 21 heavy (non-hydrogen) atoms. The van der Waals surface area contributed by atoms with E-state index in [0.717, 1.165) is 18.3 Å². The lowest BCUT2D eigenvalue weighted by Crippen LogP contribution is -2.44. The number of rotatable bonds is 1. The molecule has 0 radical (unpaired) electrons. The fourth-order valence-electron chi connectivity index (χ4n) is 5.91. The summed E-state index contributed by atoms with van der Waals surface area (Å²) in [5, 5.41) is 9.73. The molecule has 0 aromatic heterocycles. The van der Waals surface area contributed by atoms with Crippen LogP contribution in [0.25, 0.3) is 0 Å². The molecular weight excluding hydrogens is 260 g/mol. The van der Waals surface area contributed by atoms with Crippen LogP contribution in [0.3, 0.4) is 0 Å². The first-order valence-corrected chi connectivity index (χ1v) is 8.48. The van der Waals surface area contributed by atoms with E-state index in [-0.39, 0.29) is 0 Å². The van der Waals surface area contributed by atoms with Crippen LogP contribution >= 0.6 is 0 Å². The summed E-state index contributed by atoms with van der Waals surface area (Å²) in [6.45, 7) is 2.47. The van der Waals surface area contributed by atoms with E-state index < -0.39 is 0 Å². The number of phenolic OH excluding ortho intramolecular Hbond substituents is 1. The molecular formula is C19H26O2. The number of ether oxygens (including phenoxy) is 1. The van der Waals surface area contributed by atoms with Gasteiger partial charge in [-0.3, -0.25) is 0 Å². The molecule has 0 spiro atoms. The van der Waals surface area contributed by atoms with Gasteiger partial charge in [0, 0.05) is 7.11 Å². The van der Waals surface area contributed by atoms with Crippen molar-refractivity contribution < 1.29 is 9.84 Å². The molecule has 2 saturated carbocycles. The number of phenols is 1. The molecule has 3 aliphatic rings. The molecule has 3 aliphatic carbocycles. The predicted octanol–water partition coefficient (Wildman–Crippen LogP) is 4.26. The summed E-state index contributed by atoms with van der Waals surface area (Å²) in [5.74, 6) is 2.78. The lowest BCUT2D eigenvalue weighted by atomic mass is 9.55. The lowest BCUT2D eigenvalue weighted by molar-refractivity contribution is -0.0444. The maximum absolute atomic E-state index is 9.73. The van der Waals surface area contributed by atoms with Gasteiger partial charge in [0.1, 0.15) is 5.75 Å². The second-order valence-electron chi connectivity index (χ2n) is 7.64. The Morgan fingerprint density at radius 2 is 2.05 bits per heavy atom. The van der Waals surface area contributed by atoms with E-state index in [1.165, 1.54) is 43.2 Å². The second kappa shape index (κ2) is 4.74. The van der Waals surface area contributed by atoms with E-state index in [1.807, 2.05) is 19.2 Å². The zero-order valence-corrected chi connectivity index (χ0v) is 13.1. The Kier molecular flexibility index (Phi) is 3.08. The van der Waals surface area contributed by atoms with Gasteiger partial charge in [-0.05, 0) is 85.0 Å². The Balaban J connectivity index is 1.68. The summed E-state index contributed by atoms with van der Waals surface area (Å²) in [6.07, 6.45) is 8.04. The number of hydrogen-bond donors (Lipinski definition) is 1. The molecule has 2 nitrogen and oxygen atoms in total. The highest BCUT2D eigenvalue weighted by Gasteiger charge is 2.54. The average Bonchev–Trinajstić information content (AvgIpc) is 2.83. The van der Waals surface area contributed by atoms with E-state index in [0.29, 0.717) is 23.2 Å². The van der Waals surface area contributed by atoms with Crippen LogP contribution in [0.4, 0.5) is 0 Å². The maximum atomic E-state index is 9.73. The van der Waals surface area contributed by atoms with Crippen LogP contribution in [0.1, 0.15) is 56.1 Å². The van der Waals surface area contributed by atoms with Crippen molar-refractivity contribution in [3.05, 3.63) is 29.3 Å². The van der Waals surface area contributed by atoms with E-state index in [1.54, 1.807) is 0 Å². The van der Waals surface area contributed by atoms with Crippen LogP contribution in [0, 0.1) is 17.3 Å². The van der Waals surface area contributed by atoms with Crippen molar-refractivity contribution >= 4 is 0 Å². The predicted molar refractivity (Wildman–Crippen MR) is 83.5 cm³/mol. The normalized spacial score (nSPS) is 41.2. The zero-order chi connectivity index (χ0) is 14.6. The van der Waals surface area contributed by atoms with Crippen LogP contribution in [-0.4, -0.2) is 18.3 Å². The van der Waals surface area contributed by atoms with E-state index in [9.17, 15) is 5.11 Å². The van der Waals surface area contributed by atoms with Crippen LogP contribution in [0.2, 0.25) is 0 Å². The molecule has 1 aromatic rings. The van der Waals surface area contributed by atoms with Gasteiger partial charge in [0.2, 0.25) is 0 Å². The van der Waals surface area contributed by atoms with Gasteiger partial charge in [0.05, 0.1) is 6.10 Å². The topological polar surface area (TPSA) is 29.5 Å². The molecule has 2 heteroatoms. The Morgan fingerprint density at radius 1 is 1.19 bits per heavy atom. The fourth-order valence-corrected chi connectivity index (χ4v) is 5.91. The first-order valence-electron chi connectivity index (χ1n) is 8.48. The maximum Gasteiger partial charge on any atom is 0.115 e. The third-order valence-corrected chi connectivity index (χ3v) is 6.91. The molecule has 1 unspecified atom stereocenters. The van der Waals surface area contributed by atoms with Gasteiger partial charge in [0.15, 0.2) is 0 Å². The van der Waals surface area contributed by atoms with Gasteiger partial charge >= 0.3 is 0 Å². The minimum atomic E-state index is 0.393. The highest BCUT2D eigenvalue weighted by atomic mass is 16.5. The van der Waals surface area contributed by atoms with Gasteiger partial charge in [0.25, 0.3) is 0 Å². The van der Waals surface area contributed by atoms with Crippen LogP contribution in [0.15, 0.2) is 18.2 Å². The smallest absolute Gasteiger partial charge is 0.115 e. The highest BCUT2D eigenvalue weighted by molar-refractivity contribution is 5.40. The summed E-state index contributed by atoms with van der Waals surface area (Å²) >= 11 is 0. The highest BCUT2D eigenvalue weighted by Crippen LogP contribution is 2.61. The molecule has 0 bridgehead atoms. The summed E-state index contributed by atoms with van der Waals surface area (Å²) < 4.78 is 5.82. The van der Waals surface area contributed by atoms with Gasteiger partial charge < -0.3 is 9.84 Å². The standard InChI is InChI=1S/C19H26O2/c1-19-10-9-15-14-6-4-13(20)11-12(14)3-5-16(15)17(19)7-8-18(19)21-2/h4,6,11,15-18,20H,3,5,7-10H2,1-2H3/t15-,16-,17+,18?,19+/m1/s1. The first kappa shape index (κ1) is 13.6. The zero-order valence-electron chi connectivity index (χ0n) is 13.1. The summed E-state index contributed by atoms with van der Waals surface area (Å²) in [5.41, 5.74) is 3.30. The minimum absolute atomic E-state index is 0.393. The Labute approximate surface area is 127 Å². The van der Waals surface area contributed by atoms with E-state index in [2.05, 4.69) is 13.0 Å². The molecule has 0 saturated heterocycles. The van der Waals surface area contributed by atoms with Gasteiger partial charge in [-0.1, -0.05) is 13.0 Å². The van der Waals surface area contributed by atoms with Crippen molar-refractivity contribution in [2.75, 3.05) is 7.11 Å². The largest absolute Gasteiger partial charge is 0.508 e. The van der Waals surface area contributed by atoms with Crippen molar-refractivity contribution in [1.82, 2.24) is 0 Å². The number of benzene rings is 1. The number of fused-ring (bicyclic) bond motifs is 5. The summed E-state index contributed by atoms with van der Waals surface area (Å²) in [6, 6.07) is 6.06. The Morgan fingerprint density at radius 3 is 2.86 bits per heavy atom. The number of hydrogen-bond acceptors (Lipinski definition) is 2. The van der Waals surface area contributed by atoms with Crippen molar-refractivity contribution in [2.24, 2.45) is 17.3 Å². The quantitative estimate of drug-likeness (QED) is 0.835. The van der Waals surface area contributed by atoms with Gasteiger partial charge in [-0.15, -0.1) is 0 Å².